The van der Waals surface area contributed by atoms with Crippen LogP contribution in [0.3, 0.4) is 0 Å². The van der Waals surface area contributed by atoms with Gasteiger partial charge in [-0.3, -0.25) is 4.79 Å². The first kappa shape index (κ1) is 13.2. The summed E-state index contributed by atoms with van der Waals surface area (Å²) in [4.78, 5) is 11.7. The Hall–Kier alpha value is -2.27. The predicted octanol–water partition coefficient (Wildman–Crippen LogP) is 1.51. The van der Waals surface area contributed by atoms with Crippen molar-refractivity contribution in [2.75, 3.05) is 11.9 Å². The van der Waals surface area contributed by atoms with Crippen molar-refractivity contribution in [1.29, 1.82) is 0 Å². The van der Waals surface area contributed by atoms with Gasteiger partial charge in [0.25, 0.3) is 0 Å². The summed E-state index contributed by atoms with van der Waals surface area (Å²) in [5, 5.41) is 13.5. The van der Waals surface area contributed by atoms with Crippen LogP contribution in [-0.2, 0) is 11.3 Å². The maximum atomic E-state index is 11.7. The molecular weight excluding hydrogens is 240 g/mol. The van der Waals surface area contributed by atoms with Crippen LogP contribution in [0.5, 0.6) is 0 Å². The molecule has 0 aliphatic carbocycles. The number of anilines is 1. The maximum absolute atomic E-state index is 11.7. The van der Waals surface area contributed by atoms with Gasteiger partial charge in [0.1, 0.15) is 0 Å². The fourth-order valence-electron chi connectivity index (χ4n) is 1.66. The zero-order valence-corrected chi connectivity index (χ0v) is 10.8. The summed E-state index contributed by atoms with van der Waals surface area (Å²) in [5.41, 5.74) is 2.74. The van der Waals surface area contributed by atoms with Crippen LogP contribution in [0, 0.1) is 6.92 Å². The monoisotopic (exact) mass is 256 g/mol. The van der Waals surface area contributed by atoms with Crippen LogP contribution >= 0.6 is 0 Å². The number of carbonyl (C=O) groups excluding carboxylic acids is 1. The Balaban J connectivity index is 1.76. The van der Waals surface area contributed by atoms with Crippen LogP contribution in [0.1, 0.15) is 11.3 Å². The lowest BCUT2D eigenvalue weighted by Crippen LogP contribution is -2.28. The highest BCUT2D eigenvalue weighted by atomic mass is 16.1. The summed E-state index contributed by atoms with van der Waals surface area (Å²) in [5.74, 6) is -0.0745. The van der Waals surface area contributed by atoms with E-state index in [1.54, 1.807) is 6.20 Å². The van der Waals surface area contributed by atoms with Crippen LogP contribution < -0.4 is 10.6 Å². The van der Waals surface area contributed by atoms with Crippen molar-refractivity contribution in [3.63, 3.8) is 0 Å². The Morgan fingerprint density at radius 3 is 2.89 bits per heavy atom. The lowest BCUT2D eigenvalue weighted by atomic mass is 10.2. The van der Waals surface area contributed by atoms with Gasteiger partial charge in [-0.2, -0.15) is 10.2 Å². The first-order valence-electron chi connectivity index (χ1n) is 6.08. The molecule has 0 bridgehead atoms. The third kappa shape index (κ3) is 4.48. The fourth-order valence-corrected chi connectivity index (χ4v) is 1.66. The number of amides is 1. The molecule has 5 nitrogen and oxygen atoms in total. The van der Waals surface area contributed by atoms with E-state index in [4.69, 9.17) is 0 Å². The third-order valence-electron chi connectivity index (χ3n) is 2.52. The number of rotatable bonds is 5. The van der Waals surface area contributed by atoms with E-state index in [2.05, 4.69) is 20.8 Å². The zero-order chi connectivity index (χ0) is 13.5. The van der Waals surface area contributed by atoms with E-state index in [1.165, 1.54) is 0 Å². The standard InChI is InChI=1S/C14H16N4O/c1-11-4-2-5-12(8-11)17-14(19)10-15-9-13-6-3-7-16-18-13/h2-8,15H,9-10H2,1H3,(H,17,19). The van der Waals surface area contributed by atoms with Crippen LogP contribution in [0.15, 0.2) is 42.6 Å². The molecule has 0 aliphatic rings. The molecule has 0 spiro atoms. The molecule has 0 saturated carbocycles. The largest absolute Gasteiger partial charge is 0.325 e. The molecule has 1 aromatic carbocycles. The van der Waals surface area contributed by atoms with Crippen molar-refractivity contribution < 1.29 is 4.79 Å². The Morgan fingerprint density at radius 2 is 2.16 bits per heavy atom. The van der Waals surface area contributed by atoms with Gasteiger partial charge in [-0.25, -0.2) is 0 Å². The average molecular weight is 256 g/mol. The van der Waals surface area contributed by atoms with Gasteiger partial charge < -0.3 is 10.6 Å². The van der Waals surface area contributed by atoms with Gasteiger partial charge in [0.05, 0.1) is 12.2 Å². The number of nitrogens with one attached hydrogen (secondary N) is 2. The fraction of sp³-hybridized carbons (Fsp3) is 0.214. The highest BCUT2D eigenvalue weighted by Gasteiger charge is 2.02. The van der Waals surface area contributed by atoms with Crippen LogP contribution in [0.4, 0.5) is 5.69 Å². The van der Waals surface area contributed by atoms with Gasteiger partial charge in [0.15, 0.2) is 0 Å². The van der Waals surface area contributed by atoms with Crippen molar-refractivity contribution in [2.24, 2.45) is 0 Å². The summed E-state index contributed by atoms with van der Waals surface area (Å²) >= 11 is 0. The number of hydrogen-bond acceptors (Lipinski definition) is 4. The van der Waals surface area contributed by atoms with Gasteiger partial charge in [-0.1, -0.05) is 12.1 Å². The summed E-state index contributed by atoms with van der Waals surface area (Å²) in [7, 11) is 0. The molecule has 1 amide bonds. The molecule has 0 aliphatic heterocycles. The van der Waals surface area contributed by atoms with Gasteiger partial charge in [0.2, 0.25) is 5.91 Å². The molecule has 0 saturated heterocycles. The van der Waals surface area contributed by atoms with Crippen molar-refractivity contribution in [2.45, 2.75) is 13.5 Å². The Labute approximate surface area is 112 Å². The minimum absolute atomic E-state index is 0.0745. The number of nitrogens with zero attached hydrogens (tertiary/aromatic N) is 2. The van der Waals surface area contributed by atoms with Crippen LogP contribution in [-0.4, -0.2) is 22.6 Å². The Bertz CT molecular complexity index is 542. The first-order chi connectivity index (χ1) is 9.24. The smallest absolute Gasteiger partial charge is 0.238 e. The van der Waals surface area contributed by atoms with Crippen LogP contribution in [0.25, 0.3) is 0 Å². The lowest BCUT2D eigenvalue weighted by Gasteiger charge is -2.06. The second-order valence-corrected chi connectivity index (χ2v) is 4.24. The van der Waals surface area contributed by atoms with Gasteiger partial charge in [-0.15, -0.1) is 0 Å². The van der Waals surface area contributed by atoms with Crippen LogP contribution in [0.2, 0.25) is 0 Å². The molecule has 1 aromatic heterocycles. The van der Waals surface area contributed by atoms with Crippen molar-refractivity contribution >= 4 is 11.6 Å². The van der Waals surface area contributed by atoms with E-state index >= 15 is 0 Å². The Morgan fingerprint density at radius 1 is 1.26 bits per heavy atom. The van der Waals surface area contributed by atoms with Crippen molar-refractivity contribution in [3.05, 3.63) is 53.9 Å². The molecule has 0 radical (unpaired) electrons. The Kier molecular flexibility index (Phi) is 4.58. The van der Waals surface area contributed by atoms with Gasteiger partial charge >= 0.3 is 0 Å². The molecule has 1 heterocycles. The molecule has 2 N–H and O–H groups in total. The quantitative estimate of drug-likeness (QED) is 0.851. The van der Waals surface area contributed by atoms with E-state index in [0.717, 1.165) is 16.9 Å². The average Bonchev–Trinajstić information content (AvgIpc) is 2.40. The van der Waals surface area contributed by atoms with E-state index in [9.17, 15) is 4.79 Å². The van der Waals surface area contributed by atoms with E-state index in [-0.39, 0.29) is 12.5 Å². The van der Waals surface area contributed by atoms with E-state index in [0.29, 0.717) is 6.54 Å². The minimum atomic E-state index is -0.0745. The second-order valence-electron chi connectivity index (χ2n) is 4.24. The molecule has 19 heavy (non-hydrogen) atoms. The molecule has 0 atom stereocenters. The van der Waals surface area contributed by atoms with Crippen molar-refractivity contribution in [1.82, 2.24) is 15.5 Å². The molecule has 0 unspecified atom stereocenters. The number of aryl methyl sites for hydroxylation is 1. The molecule has 0 fully saturated rings. The highest BCUT2D eigenvalue weighted by molar-refractivity contribution is 5.92. The molecule has 2 aromatic rings. The topological polar surface area (TPSA) is 66.9 Å². The number of benzene rings is 1. The summed E-state index contributed by atoms with van der Waals surface area (Å²) in [6.45, 7) is 2.75. The summed E-state index contributed by atoms with van der Waals surface area (Å²) < 4.78 is 0. The summed E-state index contributed by atoms with van der Waals surface area (Å²) in [6, 6.07) is 11.4. The SMILES string of the molecule is Cc1cccc(NC(=O)CNCc2cccnn2)c1. The number of carbonyl (C=O) groups is 1. The maximum Gasteiger partial charge on any atom is 0.238 e. The second kappa shape index (κ2) is 6.61. The van der Waals surface area contributed by atoms with Gasteiger partial charge in [-0.05, 0) is 36.8 Å². The lowest BCUT2D eigenvalue weighted by molar-refractivity contribution is -0.115. The molecule has 5 heteroatoms. The van der Waals surface area contributed by atoms with E-state index in [1.807, 2.05) is 43.3 Å². The normalized spacial score (nSPS) is 10.2. The van der Waals surface area contributed by atoms with Gasteiger partial charge in [0, 0.05) is 18.4 Å². The molecular formula is C14H16N4O. The minimum Gasteiger partial charge on any atom is -0.325 e. The molecule has 98 valence electrons. The highest BCUT2D eigenvalue weighted by Crippen LogP contribution is 2.08. The number of aromatic nitrogens is 2. The number of hydrogen-bond donors (Lipinski definition) is 2. The molecule has 2 rings (SSSR count). The zero-order valence-electron chi connectivity index (χ0n) is 10.8. The first-order valence-corrected chi connectivity index (χ1v) is 6.08. The van der Waals surface area contributed by atoms with Crippen molar-refractivity contribution in [3.8, 4) is 0 Å². The predicted molar refractivity (Wildman–Crippen MR) is 73.5 cm³/mol. The van der Waals surface area contributed by atoms with E-state index < -0.39 is 0 Å². The third-order valence-corrected chi connectivity index (χ3v) is 2.52. The summed E-state index contributed by atoms with van der Waals surface area (Å²) in [6.07, 6.45) is 1.62.